The van der Waals surface area contributed by atoms with E-state index in [-0.39, 0.29) is 18.3 Å². The van der Waals surface area contributed by atoms with Gasteiger partial charge in [-0.3, -0.25) is 4.79 Å². The number of ether oxygens (including phenoxy) is 3. The Morgan fingerprint density at radius 2 is 1.52 bits per heavy atom. The lowest BCUT2D eigenvalue weighted by Gasteiger charge is -2.21. The van der Waals surface area contributed by atoms with E-state index in [1.165, 1.54) is 26.2 Å². The monoisotopic (exact) mass is 366 g/mol. The van der Waals surface area contributed by atoms with Crippen LogP contribution in [-0.4, -0.2) is 34.3 Å². The van der Waals surface area contributed by atoms with E-state index in [0.29, 0.717) is 35.0 Å². The van der Waals surface area contributed by atoms with Crippen molar-refractivity contribution in [1.82, 2.24) is 0 Å². The molecule has 6 nitrogen and oxygen atoms in total. The van der Waals surface area contributed by atoms with Crippen LogP contribution < -0.4 is 24.8 Å². The van der Waals surface area contributed by atoms with Crippen LogP contribution in [0.5, 0.6) is 17.2 Å². The van der Waals surface area contributed by atoms with Crippen molar-refractivity contribution in [3.05, 3.63) is 47.5 Å². The Kier molecular flexibility index (Phi) is 7.54. The van der Waals surface area contributed by atoms with Crippen LogP contribution in [-0.2, 0) is 6.54 Å². The third kappa shape index (κ3) is 4.35. The SMILES string of the molecule is COc1cc(N(C)C(=O)c2ccc(CN)cc2)cc(OC)c1OC.Cl. The van der Waals surface area contributed by atoms with Gasteiger partial charge in [-0.05, 0) is 17.7 Å². The van der Waals surface area contributed by atoms with Gasteiger partial charge in [0.2, 0.25) is 5.75 Å². The van der Waals surface area contributed by atoms with E-state index in [9.17, 15) is 4.79 Å². The highest BCUT2D eigenvalue weighted by molar-refractivity contribution is 6.06. The fraction of sp³-hybridized carbons (Fsp3) is 0.278. The van der Waals surface area contributed by atoms with Crippen molar-refractivity contribution >= 4 is 24.0 Å². The van der Waals surface area contributed by atoms with Gasteiger partial charge in [-0.1, -0.05) is 12.1 Å². The summed E-state index contributed by atoms with van der Waals surface area (Å²) < 4.78 is 16.0. The van der Waals surface area contributed by atoms with E-state index in [1.54, 1.807) is 31.3 Å². The summed E-state index contributed by atoms with van der Waals surface area (Å²) >= 11 is 0. The summed E-state index contributed by atoms with van der Waals surface area (Å²) in [6.45, 7) is 0.442. The van der Waals surface area contributed by atoms with Crippen molar-refractivity contribution in [1.29, 1.82) is 0 Å². The van der Waals surface area contributed by atoms with E-state index in [2.05, 4.69) is 0 Å². The first kappa shape index (κ1) is 20.6. The van der Waals surface area contributed by atoms with Crippen molar-refractivity contribution < 1.29 is 19.0 Å². The highest BCUT2D eigenvalue weighted by Crippen LogP contribution is 2.41. The number of hydrogen-bond donors (Lipinski definition) is 1. The number of hydrogen-bond acceptors (Lipinski definition) is 5. The average molecular weight is 367 g/mol. The summed E-state index contributed by atoms with van der Waals surface area (Å²) in [6, 6.07) is 10.7. The maximum atomic E-state index is 12.7. The van der Waals surface area contributed by atoms with Crippen LogP contribution >= 0.6 is 12.4 Å². The molecule has 0 saturated heterocycles. The van der Waals surface area contributed by atoms with Gasteiger partial charge in [0.05, 0.1) is 27.0 Å². The normalized spacial score (nSPS) is 9.80. The first-order chi connectivity index (χ1) is 11.5. The van der Waals surface area contributed by atoms with Gasteiger partial charge in [0.25, 0.3) is 5.91 Å². The molecule has 0 bridgehead atoms. The molecule has 0 fully saturated rings. The number of halogens is 1. The smallest absolute Gasteiger partial charge is 0.258 e. The van der Waals surface area contributed by atoms with E-state index >= 15 is 0 Å². The second-order valence-electron chi connectivity index (χ2n) is 5.15. The molecule has 0 aliphatic rings. The summed E-state index contributed by atoms with van der Waals surface area (Å²) in [7, 11) is 6.30. The van der Waals surface area contributed by atoms with Crippen LogP contribution in [0.4, 0.5) is 5.69 Å². The number of rotatable bonds is 6. The van der Waals surface area contributed by atoms with Gasteiger partial charge >= 0.3 is 0 Å². The maximum Gasteiger partial charge on any atom is 0.258 e. The van der Waals surface area contributed by atoms with E-state index in [0.717, 1.165) is 5.56 Å². The number of benzene rings is 2. The number of carbonyl (C=O) groups excluding carboxylic acids is 1. The lowest BCUT2D eigenvalue weighted by Crippen LogP contribution is -2.26. The summed E-state index contributed by atoms with van der Waals surface area (Å²) in [5.74, 6) is 1.32. The molecule has 0 unspecified atom stereocenters. The van der Waals surface area contributed by atoms with Gasteiger partial charge in [-0.2, -0.15) is 0 Å². The average Bonchev–Trinajstić information content (AvgIpc) is 2.65. The van der Waals surface area contributed by atoms with Crippen LogP contribution in [0.3, 0.4) is 0 Å². The molecule has 0 heterocycles. The molecule has 2 rings (SSSR count). The molecule has 2 N–H and O–H groups in total. The molecule has 2 aromatic rings. The fourth-order valence-electron chi connectivity index (χ4n) is 2.36. The Bertz CT molecular complexity index is 695. The predicted molar refractivity (Wildman–Crippen MR) is 100 cm³/mol. The molecule has 0 saturated carbocycles. The Morgan fingerprint density at radius 3 is 1.92 bits per heavy atom. The summed E-state index contributed by atoms with van der Waals surface area (Å²) in [5.41, 5.74) is 7.77. The van der Waals surface area contributed by atoms with Crippen molar-refractivity contribution in [2.45, 2.75) is 6.54 Å². The molecule has 2 aromatic carbocycles. The molecule has 0 aliphatic carbocycles. The van der Waals surface area contributed by atoms with Crippen LogP contribution in [0.2, 0.25) is 0 Å². The molecule has 0 aliphatic heterocycles. The molecule has 0 aromatic heterocycles. The number of amides is 1. The van der Waals surface area contributed by atoms with Crippen molar-refractivity contribution in [2.75, 3.05) is 33.3 Å². The van der Waals surface area contributed by atoms with Crippen LogP contribution in [0.15, 0.2) is 36.4 Å². The van der Waals surface area contributed by atoms with Gasteiger partial charge < -0.3 is 24.8 Å². The molecule has 0 atom stereocenters. The van der Waals surface area contributed by atoms with Gasteiger partial charge in [-0.15, -0.1) is 12.4 Å². The number of carbonyl (C=O) groups is 1. The van der Waals surface area contributed by atoms with Gasteiger partial charge in [0, 0.05) is 31.3 Å². The van der Waals surface area contributed by atoms with Crippen molar-refractivity contribution in [2.24, 2.45) is 5.73 Å². The van der Waals surface area contributed by atoms with Crippen molar-refractivity contribution in [3.63, 3.8) is 0 Å². The Balaban J connectivity index is 0.00000312. The minimum absolute atomic E-state index is 0. The van der Waals surface area contributed by atoms with E-state index < -0.39 is 0 Å². The van der Waals surface area contributed by atoms with Crippen LogP contribution in [0, 0.1) is 0 Å². The zero-order valence-electron chi connectivity index (χ0n) is 14.7. The first-order valence-corrected chi connectivity index (χ1v) is 7.42. The second-order valence-corrected chi connectivity index (χ2v) is 5.15. The molecule has 25 heavy (non-hydrogen) atoms. The molecule has 7 heteroatoms. The van der Waals surface area contributed by atoms with Crippen LogP contribution in [0.25, 0.3) is 0 Å². The third-order valence-corrected chi connectivity index (χ3v) is 3.78. The molecule has 0 radical (unpaired) electrons. The van der Waals surface area contributed by atoms with E-state index in [4.69, 9.17) is 19.9 Å². The molecular formula is C18H23ClN2O4. The number of methoxy groups -OCH3 is 3. The number of nitrogens with two attached hydrogens (primary N) is 1. The highest BCUT2D eigenvalue weighted by Gasteiger charge is 2.19. The zero-order valence-corrected chi connectivity index (χ0v) is 15.6. The Hall–Kier alpha value is -2.44. The molecular weight excluding hydrogens is 344 g/mol. The van der Waals surface area contributed by atoms with Gasteiger partial charge in [0.1, 0.15) is 0 Å². The topological polar surface area (TPSA) is 74.0 Å². The lowest BCUT2D eigenvalue weighted by atomic mass is 10.1. The number of anilines is 1. The van der Waals surface area contributed by atoms with Crippen molar-refractivity contribution in [3.8, 4) is 17.2 Å². The molecule has 0 spiro atoms. The van der Waals surface area contributed by atoms with Gasteiger partial charge in [-0.25, -0.2) is 0 Å². The summed E-state index contributed by atoms with van der Waals surface area (Å²) in [5, 5.41) is 0. The van der Waals surface area contributed by atoms with Gasteiger partial charge in [0.15, 0.2) is 11.5 Å². The maximum absolute atomic E-state index is 12.7. The highest BCUT2D eigenvalue weighted by atomic mass is 35.5. The second kappa shape index (κ2) is 9.15. The molecule has 136 valence electrons. The van der Waals surface area contributed by atoms with Crippen LogP contribution in [0.1, 0.15) is 15.9 Å². The summed E-state index contributed by atoms with van der Waals surface area (Å²) in [4.78, 5) is 14.2. The quantitative estimate of drug-likeness (QED) is 0.850. The Morgan fingerprint density at radius 1 is 1.00 bits per heavy atom. The lowest BCUT2D eigenvalue weighted by molar-refractivity contribution is 0.0993. The third-order valence-electron chi connectivity index (χ3n) is 3.78. The summed E-state index contributed by atoms with van der Waals surface area (Å²) in [6.07, 6.45) is 0. The first-order valence-electron chi connectivity index (χ1n) is 7.42. The fourth-order valence-corrected chi connectivity index (χ4v) is 2.36. The minimum Gasteiger partial charge on any atom is -0.493 e. The number of nitrogens with zero attached hydrogens (tertiary/aromatic N) is 1. The minimum atomic E-state index is -0.146. The molecule has 1 amide bonds. The zero-order chi connectivity index (χ0) is 17.7. The van der Waals surface area contributed by atoms with E-state index in [1.807, 2.05) is 12.1 Å². The standard InChI is InChI=1S/C18H22N2O4.ClH/c1-20(18(21)13-7-5-12(11-19)6-8-13)14-9-15(22-2)17(24-4)16(10-14)23-3;/h5-10H,11,19H2,1-4H3;1H. The largest absolute Gasteiger partial charge is 0.493 e. The predicted octanol–water partition coefficient (Wildman–Crippen LogP) is 2.87. The Labute approximate surface area is 153 Å².